The highest BCUT2D eigenvalue weighted by atomic mass is 16.2. The molecule has 1 aliphatic carbocycles. The number of nitrogens with one attached hydrogen (secondary N) is 1. The Labute approximate surface area is 114 Å². The number of amides is 1. The topological polar surface area (TPSA) is 49.3 Å². The molecule has 2 rings (SSSR count). The molecule has 0 bridgehead atoms. The van der Waals surface area contributed by atoms with E-state index >= 15 is 0 Å². The Bertz CT molecular complexity index is 521. The highest BCUT2D eigenvalue weighted by Gasteiger charge is 2.20. The number of hydrogen-bond donors (Lipinski definition) is 2. The molecule has 0 heterocycles. The van der Waals surface area contributed by atoms with Crippen molar-refractivity contribution in [2.24, 2.45) is 5.92 Å². The number of anilines is 1. The maximum absolute atomic E-state index is 11.9. The van der Waals surface area contributed by atoms with E-state index in [1.807, 2.05) is 25.1 Å². The highest BCUT2D eigenvalue weighted by molar-refractivity contribution is 5.91. The van der Waals surface area contributed by atoms with Crippen molar-refractivity contribution in [3.8, 4) is 11.8 Å². The minimum Gasteiger partial charge on any atom is -0.384 e. The molecule has 0 saturated heterocycles. The summed E-state index contributed by atoms with van der Waals surface area (Å²) in [6.45, 7) is 1.81. The number of aliphatic hydroxyl groups is 1. The number of rotatable bonds is 3. The molecule has 19 heavy (non-hydrogen) atoms. The van der Waals surface area contributed by atoms with Crippen LogP contribution in [0.5, 0.6) is 0 Å². The SMILES string of the molecule is Cc1cc(C#CCO)ccc1NC(=O)CC1CCC1. The smallest absolute Gasteiger partial charge is 0.224 e. The third-order valence-electron chi connectivity index (χ3n) is 3.51. The van der Waals surface area contributed by atoms with E-state index < -0.39 is 0 Å². The number of carbonyl (C=O) groups is 1. The zero-order chi connectivity index (χ0) is 13.7. The predicted molar refractivity (Wildman–Crippen MR) is 75.7 cm³/mol. The minimum atomic E-state index is -0.140. The first kappa shape index (κ1) is 13.6. The van der Waals surface area contributed by atoms with Crippen molar-refractivity contribution in [1.82, 2.24) is 0 Å². The van der Waals surface area contributed by atoms with E-state index in [-0.39, 0.29) is 12.5 Å². The lowest BCUT2D eigenvalue weighted by molar-refractivity contribution is -0.117. The van der Waals surface area contributed by atoms with E-state index in [1.54, 1.807) is 0 Å². The van der Waals surface area contributed by atoms with Gasteiger partial charge in [0.25, 0.3) is 0 Å². The van der Waals surface area contributed by atoms with Gasteiger partial charge in [-0.15, -0.1) is 0 Å². The standard InChI is InChI=1S/C16H19NO2/c1-12-10-14(6-3-9-18)7-8-15(12)17-16(19)11-13-4-2-5-13/h7-8,10,13,18H,2,4-5,9,11H2,1H3,(H,17,19). The van der Waals surface area contributed by atoms with Gasteiger partial charge in [-0.1, -0.05) is 18.3 Å². The molecule has 3 nitrogen and oxygen atoms in total. The molecule has 1 aromatic carbocycles. The molecule has 3 heteroatoms. The molecule has 0 unspecified atom stereocenters. The van der Waals surface area contributed by atoms with Gasteiger partial charge in [-0.3, -0.25) is 4.79 Å². The quantitative estimate of drug-likeness (QED) is 0.817. The monoisotopic (exact) mass is 257 g/mol. The third kappa shape index (κ3) is 3.84. The summed E-state index contributed by atoms with van der Waals surface area (Å²) in [6, 6.07) is 5.64. The summed E-state index contributed by atoms with van der Waals surface area (Å²) < 4.78 is 0. The molecule has 1 amide bonds. The summed E-state index contributed by atoms with van der Waals surface area (Å²) in [5.41, 5.74) is 2.69. The second-order valence-corrected chi connectivity index (χ2v) is 5.04. The van der Waals surface area contributed by atoms with E-state index in [2.05, 4.69) is 17.2 Å². The van der Waals surface area contributed by atoms with Crippen molar-refractivity contribution < 1.29 is 9.90 Å². The summed E-state index contributed by atoms with van der Waals surface area (Å²) in [5, 5.41) is 11.6. The van der Waals surface area contributed by atoms with Gasteiger partial charge in [0.1, 0.15) is 6.61 Å². The zero-order valence-corrected chi connectivity index (χ0v) is 11.2. The highest BCUT2D eigenvalue weighted by Crippen LogP contribution is 2.29. The molecule has 0 aliphatic heterocycles. The van der Waals surface area contributed by atoms with Crippen LogP contribution in [0.15, 0.2) is 18.2 Å². The normalized spacial score (nSPS) is 14.2. The average Bonchev–Trinajstić information content (AvgIpc) is 2.34. The molecule has 1 saturated carbocycles. The number of aliphatic hydroxyl groups excluding tert-OH is 1. The molecule has 1 fully saturated rings. The third-order valence-corrected chi connectivity index (χ3v) is 3.51. The first-order valence-electron chi connectivity index (χ1n) is 6.69. The maximum Gasteiger partial charge on any atom is 0.224 e. The van der Waals surface area contributed by atoms with Gasteiger partial charge in [-0.25, -0.2) is 0 Å². The minimum absolute atomic E-state index is 0.0991. The Morgan fingerprint density at radius 1 is 1.47 bits per heavy atom. The molecular formula is C16H19NO2. The first-order chi connectivity index (χ1) is 9.19. The van der Waals surface area contributed by atoms with Crippen LogP contribution in [0.1, 0.15) is 36.8 Å². The first-order valence-corrected chi connectivity index (χ1v) is 6.69. The molecule has 1 aromatic rings. The van der Waals surface area contributed by atoms with Gasteiger partial charge in [0.05, 0.1) is 0 Å². The van der Waals surface area contributed by atoms with Gasteiger partial charge >= 0.3 is 0 Å². The fourth-order valence-electron chi connectivity index (χ4n) is 2.18. The van der Waals surface area contributed by atoms with Crippen LogP contribution in [-0.2, 0) is 4.79 Å². The van der Waals surface area contributed by atoms with Crippen molar-refractivity contribution >= 4 is 11.6 Å². The summed E-state index contributed by atoms with van der Waals surface area (Å²) >= 11 is 0. The Kier molecular flexibility index (Phi) is 4.59. The Morgan fingerprint density at radius 3 is 2.84 bits per heavy atom. The van der Waals surface area contributed by atoms with Crippen LogP contribution in [-0.4, -0.2) is 17.6 Å². The van der Waals surface area contributed by atoms with Crippen LogP contribution in [0.2, 0.25) is 0 Å². The van der Waals surface area contributed by atoms with Crippen LogP contribution in [0, 0.1) is 24.7 Å². The molecule has 0 aromatic heterocycles. The van der Waals surface area contributed by atoms with Crippen molar-refractivity contribution in [2.75, 3.05) is 11.9 Å². The van der Waals surface area contributed by atoms with E-state index in [0.717, 1.165) is 16.8 Å². The lowest BCUT2D eigenvalue weighted by Gasteiger charge is -2.24. The summed E-state index contributed by atoms with van der Waals surface area (Å²) in [6.07, 6.45) is 4.25. The van der Waals surface area contributed by atoms with Crippen LogP contribution >= 0.6 is 0 Å². The summed E-state index contributed by atoms with van der Waals surface area (Å²) in [4.78, 5) is 11.9. The molecule has 2 N–H and O–H groups in total. The predicted octanol–water partition coefficient (Wildman–Crippen LogP) is 2.47. The lowest BCUT2D eigenvalue weighted by atomic mass is 9.83. The van der Waals surface area contributed by atoms with E-state index in [0.29, 0.717) is 12.3 Å². The number of hydrogen-bond acceptors (Lipinski definition) is 2. The molecule has 0 atom stereocenters. The molecule has 1 aliphatic rings. The van der Waals surface area contributed by atoms with Crippen LogP contribution in [0.25, 0.3) is 0 Å². The molecular weight excluding hydrogens is 238 g/mol. The van der Waals surface area contributed by atoms with E-state index in [4.69, 9.17) is 5.11 Å². The molecule has 0 spiro atoms. The van der Waals surface area contributed by atoms with Gasteiger partial charge in [0.15, 0.2) is 0 Å². The van der Waals surface area contributed by atoms with Crippen molar-refractivity contribution in [3.05, 3.63) is 29.3 Å². The van der Waals surface area contributed by atoms with Crippen molar-refractivity contribution in [2.45, 2.75) is 32.6 Å². The van der Waals surface area contributed by atoms with Gasteiger partial charge in [0, 0.05) is 17.7 Å². The summed E-state index contributed by atoms with van der Waals surface area (Å²) in [7, 11) is 0. The fourth-order valence-corrected chi connectivity index (χ4v) is 2.18. The Hall–Kier alpha value is -1.79. The van der Waals surface area contributed by atoms with Gasteiger partial charge in [0.2, 0.25) is 5.91 Å². The molecule has 100 valence electrons. The fraction of sp³-hybridized carbons (Fsp3) is 0.438. The van der Waals surface area contributed by atoms with Gasteiger partial charge in [-0.2, -0.15) is 0 Å². The molecule has 0 radical (unpaired) electrons. The van der Waals surface area contributed by atoms with E-state index in [1.165, 1.54) is 19.3 Å². The average molecular weight is 257 g/mol. The number of benzene rings is 1. The second-order valence-electron chi connectivity index (χ2n) is 5.04. The lowest BCUT2D eigenvalue weighted by Crippen LogP contribution is -2.21. The largest absolute Gasteiger partial charge is 0.384 e. The number of aryl methyl sites for hydroxylation is 1. The zero-order valence-electron chi connectivity index (χ0n) is 11.2. The Morgan fingerprint density at radius 2 is 2.26 bits per heavy atom. The van der Waals surface area contributed by atoms with Crippen LogP contribution in [0.3, 0.4) is 0 Å². The van der Waals surface area contributed by atoms with Gasteiger partial charge < -0.3 is 10.4 Å². The van der Waals surface area contributed by atoms with Gasteiger partial charge in [-0.05, 0) is 49.4 Å². The van der Waals surface area contributed by atoms with Crippen LogP contribution in [0.4, 0.5) is 5.69 Å². The number of carbonyl (C=O) groups excluding carboxylic acids is 1. The Balaban J connectivity index is 1.97. The van der Waals surface area contributed by atoms with Crippen molar-refractivity contribution in [3.63, 3.8) is 0 Å². The second kappa shape index (κ2) is 6.40. The summed E-state index contributed by atoms with van der Waals surface area (Å²) in [5.74, 6) is 6.14. The van der Waals surface area contributed by atoms with Crippen LogP contribution < -0.4 is 5.32 Å². The van der Waals surface area contributed by atoms with Crippen molar-refractivity contribution in [1.29, 1.82) is 0 Å². The maximum atomic E-state index is 11.9. The van der Waals surface area contributed by atoms with E-state index in [9.17, 15) is 4.79 Å².